The molecule has 0 aliphatic carbocycles. The van der Waals surface area contributed by atoms with Gasteiger partial charge in [-0.25, -0.2) is 0 Å². The summed E-state index contributed by atoms with van der Waals surface area (Å²) < 4.78 is 0. The minimum atomic E-state index is 0.268. The molecular weight excluding hydrogens is 288 g/mol. The van der Waals surface area contributed by atoms with E-state index < -0.39 is 0 Å². The monoisotopic (exact) mass is 308 g/mol. The molecule has 0 radical (unpaired) electrons. The SMILES string of the molecule is CCN(Cc1cccs1)c1ccc(C(C)NC)c(Cl)c1. The van der Waals surface area contributed by atoms with Gasteiger partial charge < -0.3 is 10.2 Å². The molecule has 108 valence electrons. The van der Waals surface area contributed by atoms with Crippen molar-refractivity contribution in [2.75, 3.05) is 18.5 Å². The van der Waals surface area contributed by atoms with Crippen molar-refractivity contribution in [3.05, 3.63) is 51.2 Å². The molecule has 2 rings (SSSR count). The van der Waals surface area contributed by atoms with Crippen molar-refractivity contribution in [2.45, 2.75) is 26.4 Å². The second-order valence-electron chi connectivity index (χ2n) is 4.81. The van der Waals surface area contributed by atoms with Gasteiger partial charge in [-0.3, -0.25) is 0 Å². The van der Waals surface area contributed by atoms with Crippen molar-refractivity contribution in [3.63, 3.8) is 0 Å². The summed E-state index contributed by atoms with van der Waals surface area (Å²) in [5.41, 5.74) is 2.32. The predicted octanol–water partition coefficient (Wildman–Crippen LogP) is 4.71. The van der Waals surface area contributed by atoms with E-state index in [0.29, 0.717) is 0 Å². The zero-order chi connectivity index (χ0) is 14.5. The van der Waals surface area contributed by atoms with Crippen LogP contribution in [0.2, 0.25) is 5.02 Å². The summed E-state index contributed by atoms with van der Waals surface area (Å²) in [5, 5.41) is 6.17. The first-order valence-electron chi connectivity index (χ1n) is 6.89. The molecule has 1 heterocycles. The van der Waals surface area contributed by atoms with Gasteiger partial charge in [0.05, 0.1) is 6.54 Å². The van der Waals surface area contributed by atoms with E-state index in [2.05, 4.69) is 59.8 Å². The molecule has 0 fully saturated rings. The molecule has 1 N–H and O–H groups in total. The Bertz CT molecular complexity index is 539. The summed E-state index contributed by atoms with van der Waals surface area (Å²) in [6, 6.07) is 10.9. The van der Waals surface area contributed by atoms with E-state index >= 15 is 0 Å². The molecule has 1 aromatic heterocycles. The Morgan fingerprint density at radius 2 is 2.15 bits per heavy atom. The molecule has 1 aromatic carbocycles. The van der Waals surface area contributed by atoms with Gasteiger partial charge in [0.1, 0.15) is 0 Å². The Kier molecular flexibility index (Phi) is 5.46. The van der Waals surface area contributed by atoms with E-state index in [1.54, 1.807) is 11.3 Å². The van der Waals surface area contributed by atoms with Gasteiger partial charge in [0.2, 0.25) is 0 Å². The number of thiophene rings is 1. The third-order valence-corrected chi connectivity index (χ3v) is 4.75. The van der Waals surface area contributed by atoms with Crippen molar-refractivity contribution in [2.24, 2.45) is 0 Å². The largest absolute Gasteiger partial charge is 0.367 e. The van der Waals surface area contributed by atoms with E-state index in [1.165, 1.54) is 10.6 Å². The number of hydrogen-bond acceptors (Lipinski definition) is 3. The van der Waals surface area contributed by atoms with Crippen LogP contribution in [0.3, 0.4) is 0 Å². The first-order valence-corrected chi connectivity index (χ1v) is 8.15. The van der Waals surface area contributed by atoms with Crippen LogP contribution in [-0.4, -0.2) is 13.6 Å². The molecule has 0 saturated carbocycles. The molecule has 0 bridgehead atoms. The van der Waals surface area contributed by atoms with Crippen LogP contribution in [0, 0.1) is 0 Å². The molecule has 2 nitrogen and oxygen atoms in total. The Morgan fingerprint density at radius 1 is 1.35 bits per heavy atom. The lowest BCUT2D eigenvalue weighted by molar-refractivity contribution is 0.652. The fourth-order valence-corrected chi connectivity index (χ4v) is 3.25. The van der Waals surface area contributed by atoms with Crippen molar-refractivity contribution in [1.29, 1.82) is 0 Å². The maximum absolute atomic E-state index is 6.42. The van der Waals surface area contributed by atoms with Gasteiger partial charge in [0, 0.05) is 28.2 Å². The summed E-state index contributed by atoms with van der Waals surface area (Å²) in [6.07, 6.45) is 0. The highest BCUT2D eigenvalue weighted by molar-refractivity contribution is 7.09. The fourth-order valence-electron chi connectivity index (χ4n) is 2.20. The molecule has 0 aliphatic rings. The maximum Gasteiger partial charge on any atom is 0.0522 e. The van der Waals surface area contributed by atoms with Crippen LogP contribution in [0.15, 0.2) is 35.7 Å². The zero-order valence-electron chi connectivity index (χ0n) is 12.2. The van der Waals surface area contributed by atoms with Crippen LogP contribution in [-0.2, 0) is 6.54 Å². The van der Waals surface area contributed by atoms with E-state index in [9.17, 15) is 0 Å². The number of nitrogens with one attached hydrogen (secondary N) is 1. The topological polar surface area (TPSA) is 15.3 Å². The van der Waals surface area contributed by atoms with Crippen LogP contribution in [0.5, 0.6) is 0 Å². The lowest BCUT2D eigenvalue weighted by Gasteiger charge is -2.24. The van der Waals surface area contributed by atoms with Gasteiger partial charge in [-0.15, -0.1) is 11.3 Å². The Labute approximate surface area is 130 Å². The Morgan fingerprint density at radius 3 is 2.70 bits per heavy atom. The highest BCUT2D eigenvalue weighted by Gasteiger charge is 2.11. The maximum atomic E-state index is 6.42. The lowest BCUT2D eigenvalue weighted by atomic mass is 10.1. The van der Waals surface area contributed by atoms with E-state index in [0.717, 1.165) is 23.7 Å². The highest BCUT2D eigenvalue weighted by Crippen LogP contribution is 2.29. The molecule has 1 unspecified atom stereocenters. The smallest absolute Gasteiger partial charge is 0.0522 e. The summed E-state index contributed by atoms with van der Waals surface area (Å²) in [4.78, 5) is 3.71. The fraction of sp³-hybridized carbons (Fsp3) is 0.375. The minimum Gasteiger partial charge on any atom is -0.367 e. The second kappa shape index (κ2) is 7.11. The standard InChI is InChI=1S/C16H21ClN2S/c1-4-19(11-14-6-5-9-20-14)13-7-8-15(12(2)18-3)16(17)10-13/h5-10,12,18H,4,11H2,1-3H3. The average molecular weight is 309 g/mol. The van der Waals surface area contributed by atoms with Gasteiger partial charge >= 0.3 is 0 Å². The normalized spacial score (nSPS) is 12.4. The zero-order valence-corrected chi connectivity index (χ0v) is 13.8. The molecule has 20 heavy (non-hydrogen) atoms. The van der Waals surface area contributed by atoms with Crippen molar-refractivity contribution in [3.8, 4) is 0 Å². The van der Waals surface area contributed by atoms with Crippen molar-refractivity contribution < 1.29 is 0 Å². The molecule has 0 spiro atoms. The number of benzene rings is 1. The van der Waals surface area contributed by atoms with Crippen molar-refractivity contribution in [1.82, 2.24) is 5.32 Å². The number of hydrogen-bond donors (Lipinski definition) is 1. The number of nitrogens with zero attached hydrogens (tertiary/aromatic N) is 1. The Balaban J connectivity index is 2.20. The first kappa shape index (κ1) is 15.4. The summed E-state index contributed by atoms with van der Waals surface area (Å²) in [6.45, 7) is 6.19. The molecule has 0 amide bonds. The van der Waals surface area contributed by atoms with E-state index in [4.69, 9.17) is 11.6 Å². The van der Waals surface area contributed by atoms with Gasteiger partial charge in [-0.1, -0.05) is 23.7 Å². The van der Waals surface area contributed by atoms with Crippen LogP contribution >= 0.6 is 22.9 Å². The minimum absolute atomic E-state index is 0.268. The molecule has 4 heteroatoms. The van der Waals surface area contributed by atoms with E-state index in [-0.39, 0.29) is 6.04 Å². The average Bonchev–Trinajstić information content (AvgIpc) is 2.96. The molecular formula is C16H21ClN2S. The quantitative estimate of drug-likeness (QED) is 0.831. The molecule has 0 saturated heterocycles. The van der Waals surface area contributed by atoms with Gasteiger partial charge in [0.15, 0.2) is 0 Å². The number of anilines is 1. The summed E-state index contributed by atoms with van der Waals surface area (Å²) >= 11 is 8.21. The number of halogens is 1. The van der Waals surface area contributed by atoms with Crippen LogP contribution in [0.4, 0.5) is 5.69 Å². The second-order valence-corrected chi connectivity index (χ2v) is 6.25. The first-order chi connectivity index (χ1) is 9.65. The lowest BCUT2D eigenvalue weighted by Crippen LogP contribution is -2.21. The number of rotatable bonds is 6. The highest BCUT2D eigenvalue weighted by atomic mass is 35.5. The third kappa shape index (κ3) is 3.54. The molecule has 1 atom stereocenters. The van der Waals surface area contributed by atoms with Crippen LogP contribution < -0.4 is 10.2 Å². The molecule has 2 aromatic rings. The third-order valence-electron chi connectivity index (χ3n) is 3.56. The van der Waals surface area contributed by atoms with Crippen LogP contribution in [0.25, 0.3) is 0 Å². The van der Waals surface area contributed by atoms with Gasteiger partial charge in [-0.05, 0) is 50.0 Å². The van der Waals surface area contributed by atoms with Crippen LogP contribution in [0.1, 0.15) is 30.3 Å². The predicted molar refractivity (Wildman–Crippen MR) is 90.0 cm³/mol. The van der Waals surface area contributed by atoms with Gasteiger partial charge in [-0.2, -0.15) is 0 Å². The summed E-state index contributed by atoms with van der Waals surface area (Å²) in [5.74, 6) is 0. The van der Waals surface area contributed by atoms with E-state index in [1.807, 2.05) is 7.05 Å². The Hall–Kier alpha value is -1.03. The van der Waals surface area contributed by atoms with Crippen molar-refractivity contribution >= 4 is 28.6 Å². The molecule has 0 aliphatic heterocycles. The van der Waals surface area contributed by atoms with Gasteiger partial charge in [0.25, 0.3) is 0 Å². The summed E-state index contributed by atoms with van der Waals surface area (Å²) in [7, 11) is 1.95.